The molecule has 0 aliphatic heterocycles. The third kappa shape index (κ3) is 1.60. The number of aliphatic hydroxyl groups is 2. The van der Waals surface area contributed by atoms with Crippen molar-refractivity contribution >= 4 is 16.9 Å². The summed E-state index contributed by atoms with van der Waals surface area (Å²) in [6.07, 6.45) is 0.181. The van der Waals surface area contributed by atoms with Gasteiger partial charge in [-0.1, -0.05) is 0 Å². The van der Waals surface area contributed by atoms with Crippen LogP contribution in [0.4, 0.5) is 14.6 Å². The smallest absolute Gasteiger partial charge is 0.167 e. The minimum Gasteiger partial charge on any atom is -0.387 e. The lowest BCUT2D eigenvalue weighted by Gasteiger charge is -2.19. The van der Waals surface area contributed by atoms with E-state index in [1.807, 2.05) is 0 Å². The number of imidazole rings is 1. The molecule has 0 aromatic carbocycles. The van der Waals surface area contributed by atoms with Gasteiger partial charge in [-0.05, 0) is 6.08 Å². The Labute approximate surface area is 105 Å². The molecule has 2 aromatic rings. The Kier molecular flexibility index (Phi) is 2.51. The predicted molar refractivity (Wildman–Crippen MR) is 62.1 cm³/mol. The number of nitrogen functional groups attached to an aromatic ring is 1. The summed E-state index contributed by atoms with van der Waals surface area (Å²) in [4.78, 5) is 7.47. The van der Waals surface area contributed by atoms with Crippen LogP contribution in [0.1, 0.15) is 6.04 Å². The van der Waals surface area contributed by atoms with E-state index in [1.54, 1.807) is 0 Å². The van der Waals surface area contributed by atoms with Crippen molar-refractivity contribution in [2.45, 2.75) is 18.2 Å². The van der Waals surface area contributed by atoms with E-state index in [9.17, 15) is 19.0 Å². The lowest BCUT2D eigenvalue weighted by atomic mass is 10.1. The molecule has 6 nitrogen and oxygen atoms in total. The molecule has 3 rings (SSSR count). The average molecular weight is 268 g/mol. The van der Waals surface area contributed by atoms with E-state index < -0.39 is 29.9 Å². The van der Waals surface area contributed by atoms with Gasteiger partial charge in [0, 0.05) is 0 Å². The van der Waals surface area contributed by atoms with E-state index in [2.05, 4.69) is 9.97 Å². The Bertz CT molecular complexity index is 685. The van der Waals surface area contributed by atoms with Crippen LogP contribution in [0.15, 0.2) is 24.4 Å². The SMILES string of the molecule is Nc1ncc(F)c2c1ncn2C1C(F)=CC(O)C1O. The van der Waals surface area contributed by atoms with Gasteiger partial charge in [-0.25, -0.2) is 18.7 Å². The van der Waals surface area contributed by atoms with Crippen LogP contribution < -0.4 is 5.73 Å². The number of halogens is 2. The highest BCUT2D eigenvalue weighted by molar-refractivity contribution is 5.85. The summed E-state index contributed by atoms with van der Waals surface area (Å²) in [6.45, 7) is 0. The second kappa shape index (κ2) is 3.97. The topological polar surface area (TPSA) is 97.2 Å². The molecule has 19 heavy (non-hydrogen) atoms. The molecule has 0 spiro atoms. The van der Waals surface area contributed by atoms with Gasteiger partial charge < -0.3 is 20.5 Å². The number of nitrogens with two attached hydrogens (primary N) is 1. The molecule has 0 fully saturated rings. The molecule has 3 unspecified atom stereocenters. The van der Waals surface area contributed by atoms with Crippen molar-refractivity contribution in [3.05, 3.63) is 30.2 Å². The molecule has 0 bridgehead atoms. The molecule has 3 atom stereocenters. The molecular weight excluding hydrogens is 258 g/mol. The molecule has 2 aromatic heterocycles. The number of aromatic nitrogens is 3. The van der Waals surface area contributed by atoms with E-state index in [0.717, 1.165) is 23.2 Å². The molecule has 0 radical (unpaired) electrons. The molecule has 8 heteroatoms. The lowest BCUT2D eigenvalue weighted by Crippen LogP contribution is -2.28. The summed E-state index contributed by atoms with van der Waals surface area (Å²) in [6, 6.07) is -1.23. The Morgan fingerprint density at radius 1 is 1.26 bits per heavy atom. The van der Waals surface area contributed by atoms with Gasteiger partial charge in [-0.3, -0.25) is 0 Å². The van der Waals surface area contributed by atoms with Gasteiger partial charge in [-0.15, -0.1) is 0 Å². The van der Waals surface area contributed by atoms with Crippen LogP contribution >= 0.6 is 0 Å². The maximum absolute atomic E-state index is 13.8. The standard InChI is InChI=1S/C11H10F2N4O2/c12-4-1-6(18)10(19)9(4)17-3-16-7-8(17)5(13)2-15-11(7)14/h1-3,6,9-10,18-19H,(H2,14,15). The second-order valence-corrected chi connectivity index (χ2v) is 4.32. The number of rotatable bonds is 1. The van der Waals surface area contributed by atoms with Crippen LogP contribution in [0, 0.1) is 5.82 Å². The van der Waals surface area contributed by atoms with Gasteiger partial charge in [-0.2, -0.15) is 0 Å². The van der Waals surface area contributed by atoms with E-state index >= 15 is 0 Å². The number of aliphatic hydroxyl groups excluding tert-OH is 2. The van der Waals surface area contributed by atoms with Gasteiger partial charge in [0.1, 0.15) is 35.1 Å². The number of fused-ring (bicyclic) bond motifs is 1. The van der Waals surface area contributed by atoms with Gasteiger partial charge >= 0.3 is 0 Å². The number of anilines is 1. The predicted octanol–water partition coefficient (Wildman–Crippen LogP) is 0.283. The van der Waals surface area contributed by atoms with Crippen LogP contribution in [0.5, 0.6) is 0 Å². The Morgan fingerprint density at radius 2 is 2.00 bits per heavy atom. The summed E-state index contributed by atoms with van der Waals surface area (Å²) >= 11 is 0. The first-order chi connectivity index (χ1) is 9.00. The van der Waals surface area contributed by atoms with Crippen molar-refractivity contribution in [3.8, 4) is 0 Å². The molecule has 1 aliphatic carbocycles. The highest BCUT2D eigenvalue weighted by Crippen LogP contribution is 2.35. The zero-order valence-electron chi connectivity index (χ0n) is 9.53. The molecule has 0 amide bonds. The van der Waals surface area contributed by atoms with Crippen molar-refractivity contribution in [2.75, 3.05) is 5.73 Å². The summed E-state index contributed by atoms with van der Waals surface area (Å²) in [7, 11) is 0. The normalized spacial score (nSPS) is 26.9. The maximum Gasteiger partial charge on any atom is 0.167 e. The van der Waals surface area contributed by atoms with Crippen molar-refractivity contribution < 1.29 is 19.0 Å². The van der Waals surface area contributed by atoms with Crippen molar-refractivity contribution in [3.63, 3.8) is 0 Å². The average Bonchev–Trinajstić information content (AvgIpc) is 2.88. The molecule has 0 saturated carbocycles. The van der Waals surface area contributed by atoms with E-state index in [-0.39, 0.29) is 16.9 Å². The highest BCUT2D eigenvalue weighted by Gasteiger charge is 2.38. The monoisotopic (exact) mass is 268 g/mol. The van der Waals surface area contributed by atoms with E-state index in [1.165, 1.54) is 0 Å². The summed E-state index contributed by atoms with van der Waals surface area (Å²) in [5.74, 6) is -1.48. The van der Waals surface area contributed by atoms with Crippen LogP contribution in [0.3, 0.4) is 0 Å². The molecular formula is C11H10F2N4O2. The Hall–Kier alpha value is -2.06. The van der Waals surface area contributed by atoms with Crippen LogP contribution in [-0.4, -0.2) is 37.0 Å². The second-order valence-electron chi connectivity index (χ2n) is 4.32. The minimum atomic E-state index is -1.41. The number of nitrogens with zero attached hydrogens (tertiary/aromatic N) is 3. The Balaban J connectivity index is 2.22. The third-order valence-electron chi connectivity index (χ3n) is 3.17. The van der Waals surface area contributed by atoms with Gasteiger partial charge in [0.15, 0.2) is 11.6 Å². The summed E-state index contributed by atoms with van der Waals surface area (Å²) in [5.41, 5.74) is 5.58. The molecule has 1 aliphatic rings. The number of pyridine rings is 1. The van der Waals surface area contributed by atoms with Gasteiger partial charge in [0.25, 0.3) is 0 Å². The zero-order chi connectivity index (χ0) is 13.7. The quantitative estimate of drug-likeness (QED) is 0.690. The van der Waals surface area contributed by atoms with Crippen molar-refractivity contribution in [1.29, 1.82) is 0 Å². The number of hydrogen-bond acceptors (Lipinski definition) is 5. The fourth-order valence-electron chi connectivity index (χ4n) is 2.25. The fourth-order valence-corrected chi connectivity index (χ4v) is 2.25. The Morgan fingerprint density at radius 3 is 2.63 bits per heavy atom. The lowest BCUT2D eigenvalue weighted by molar-refractivity contribution is 0.0338. The van der Waals surface area contributed by atoms with E-state index in [4.69, 9.17) is 5.73 Å². The van der Waals surface area contributed by atoms with Crippen molar-refractivity contribution in [2.24, 2.45) is 0 Å². The third-order valence-corrected chi connectivity index (χ3v) is 3.17. The van der Waals surface area contributed by atoms with Gasteiger partial charge in [0.05, 0.1) is 12.5 Å². The largest absolute Gasteiger partial charge is 0.387 e. The minimum absolute atomic E-state index is 0.00701. The fraction of sp³-hybridized carbons (Fsp3) is 0.273. The van der Waals surface area contributed by atoms with Crippen LogP contribution in [-0.2, 0) is 0 Å². The molecule has 100 valence electrons. The van der Waals surface area contributed by atoms with Crippen LogP contribution in [0.25, 0.3) is 11.0 Å². The zero-order valence-corrected chi connectivity index (χ0v) is 9.53. The first-order valence-electron chi connectivity index (χ1n) is 5.50. The first-order valence-corrected chi connectivity index (χ1v) is 5.50. The van der Waals surface area contributed by atoms with Crippen LogP contribution in [0.2, 0.25) is 0 Å². The number of hydrogen-bond donors (Lipinski definition) is 3. The molecule has 2 heterocycles. The maximum atomic E-state index is 13.8. The van der Waals surface area contributed by atoms with Crippen molar-refractivity contribution in [1.82, 2.24) is 14.5 Å². The summed E-state index contributed by atoms with van der Waals surface area (Å²) in [5, 5.41) is 19.2. The first kappa shape index (κ1) is 12.0. The van der Waals surface area contributed by atoms with Gasteiger partial charge in [0.2, 0.25) is 0 Å². The highest BCUT2D eigenvalue weighted by atomic mass is 19.1. The molecule has 0 saturated heterocycles. The summed E-state index contributed by atoms with van der Waals surface area (Å²) < 4.78 is 28.6. The molecule has 4 N–H and O–H groups in total. The van der Waals surface area contributed by atoms with E-state index in [0.29, 0.717) is 0 Å².